The molecule has 0 aliphatic rings. The molecule has 0 fully saturated rings. The molecule has 0 spiro atoms. The Labute approximate surface area is 117 Å². The first kappa shape index (κ1) is 14.3. The average Bonchev–Trinajstić information content (AvgIpc) is 2.90. The molecule has 1 heterocycles. The Morgan fingerprint density at radius 2 is 1.95 bits per heavy atom. The lowest BCUT2D eigenvalue weighted by Gasteiger charge is -2.17. The van der Waals surface area contributed by atoms with Crippen LogP contribution in [0, 0.1) is 0 Å². The van der Waals surface area contributed by atoms with E-state index in [0.29, 0.717) is 6.54 Å². The van der Waals surface area contributed by atoms with Gasteiger partial charge in [-0.1, -0.05) is 32.0 Å². The summed E-state index contributed by atoms with van der Waals surface area (Å²) in [6, 6.07) is 6.19. The Balaban J connectivity index is 2.12. The molecule has 0 aliphatic carbocycles. The van der Waals surface area contributed by atoms with Crippen LogP contribution in [0.15, 0.2) is 23.0 Å². The van der Waals surface area contributed by atoms with E-state index >= 15 is 0 Å². The maximum atomic E-state index is 11.0. The van der Waals surface area contributed by atoms with Crippen molar-refractivity contribution in [3.63, 3.8) is 0 Å². The minimum atomic E-state index is -0.858. The molecule has 2 rings (SSSR count). The van der Waals surface area contributed by atoms with Crippen molar-refractivity contribution in [3.8, 4) is 0 Å². The zero-order valence-corrected chi connectivity index (χ0v) is 11.7. The SMILES string of the molecule is CCc1cccc(CC)c1NCC(O)c1n[nH]c(=O)[nH]1. The smallest absolute Gasteiger partial charge is 0.340 e. The molecule has 0 radical (unpaired) electrons. The third-order valence-corrected chi connectivity index (χ3v) is 3.31. The normalized spacial score (nSPS) is 12.3. The number of H-pyrrole nitrogens is 2. The van der Waals surface area contributed by atoms with Gasteiger partial charge < -0.3 is 10.4 Å². The molecular formula is C14H20N4O2. The molecule has 0 saturated carbocycles. The van der Waals surface area contributed by atoms with Gasteiger partial charge in [-0.05, 0) is 24.0 Å². The van der Waals surface area contributed by atoms with Gasteiger partial charge in [0.2, 0.25) is 0 Å². The molecular weight excluding hydrogens is 256 g/mol. The van der Waals surface area contributed by atoms with Crippen molar-refractivity contribution >= 4 is 5.69 Å². The molecule has 1 unspecified atom stereocenters. The number of nitrogens with zero attached hydrogens (tertiary/aromatic N) is 1. The Morgan fingerprint density at radius 3 is 2.45 bits per heavy atom. The Morgan fingerprint density at radius 1 is 1.30 bits per heavy atom. The second-order valence-corrected chi connectivity index (χ2v) is 4.62. The molecule has 0 saturated heterocycles. The van der Waals surface area contributed by atoms with E-state index in [9.17, 15) is 9.90 Å². The summed E-state index contributed by atoms with van der Waals surface area (Å²) in [5, 5.41) is 19.2. The van der Waals surface area contributed by atoms with Crippen molar-refractivity contribution in [1.29, 1.82) is 0 Å². The Hall–Kier alpha value is -2.08. The van der Waals surface area contributed by atoms with Crippen LogP contribution in [0.25, 0.3) is 0 Å². The number of nitrogens with one attached hydrogen (secondary N) is 3. The Kier molecular flexibility index (Phi) is 4.57. The highest BCUT2D eigenvalue weighted by atomic mass is 16.3. The lowest BCUT2D eigenvalue weighted by molar-refractivity contribution is 0.181. The number of aliphatic hydroxyl groups is 1. The number of anilines is 1. The molecule has 6 heteroatoms. The van der Waals surface area contributed by atoms with Crippen molar-refractivity contribution < 1.29 is 5.11 Å². The summed E-state index contributed by atoms with van der Waals surface area (Å²) in [6.07, 6.45) is 0.986. The highest BCUT2D eigenvalue weighted by Crippen LogP contribution is 2.23. The van der Waals surface area contributed by atoms with Crippen molar-refractivity contribution in [2.75, 3.05) is 11.9 Å². The van der Waals surface area contributed by atoms with Gasteiger partial charge in [0, 0.05) is 12.2 Å². The van der Waals surface area contributed by atoms with Crippen molar-refractivity contribution in [2.24, 2.45) is 0 Å². The minimum absolute atomic E-state index is 0.245. The largest absolute Gasteiger partial charge is 0.383 e. The fourth-order valence-corrected chi connectivity index (χ4v) is 2.21. The van der Waals surface area contributed by atoms with E-state index in [2.05, 4.69) is 46.5 Å². The first-order chi connectivity index (χ1) is 9.65. The first-order valence-electron chi connectivity index (χ1n) is 6.83. The fourth-order valence-electron chi connectivity index (χ4n) is 2.21. The van der Waals surface area contributed by atoms with Gasteiger partial charge in [0.15, 0.2) is 5.82 Å². The highest BCUT2D eigenvalue weighted by Gasteiger charge is 2.13. The summed E-state index contributed by atoms with van der Waals surface area (Å²) in [5.74, 6) is 0.245. The van der Waals surface area contributed by atoms with E-state index in [0.717, 1.165) is 18.5 Å². The van der Waals surface area contributed by atoms with Crippen LogP contribution >= 0.6 is 0 Å². The quantitative estimate of drug-likeness (QED) is 0.641. The maximum Gasteiger partial charge on any atom is 0.340 e. The van der Waals surface area contributed by atoms with E-state index < -0.39 is 11.8 Å². The van der Waals surface area contributed by atoms with Gasteiger partial charge in [-0.3, -0.25) is 4.98 Å². The van der Waals surface area contributed by atoms with Crippen LogP contribution < -0.4 is 11.0 Å². The number of aromatic nitrogens is 3. The summed E-state index contributed by atoms with van der Waals surface area (Å²) in [6.45, 7) is 4.49. The number of aliphatic hydroxyl groups excluding tert-OH is 1. The van der Waals surface area contributed by atoms with Crippen LogP contribution in [0.1, 0.15) is 36.9 Å². The second kappa shape index (κ2) is 6.38. The van der Waals surface area contributed by atoms with E-state index in [1.807, 2.05) is 6.07 Å². The van der Waals surface area contributed by atoms with Crippen LogP contribution in [0.2, 0.25) is 0 Å². The second-order valence-electron chi connectivity index (χ2n) is 4.62. The van der Waals surface area contributed by atoms with Crippen molar-refractivity contribution in [3.05, 3.63) is 45.6 Å². The van der Waals surface area contributed by atoms with E-state index in [1.54, 1.807) is 0 Å². The molecule has 108 valence electrons. The zero-order valence-electron chi connectivity index (χ0n) is 11.7. The van der Waals surface area contributed by atoms with Gasteiger partial charge in [0.25, 0.3) is 0 Å². The fraction of sp³-hybridized carbons (Fsp3) is 0.429. The Bertz CT molecular complexity index is 595. The van der Waals surface area contributed by atoms with E-state index in [-0.39, 0.29) is 5.82 Å². The summed E-state index contributed by atoms with van der Waals surface area (Å²) in [7, 11) is 0. The topological polar surface area (TPSA) is 93.8 Å². The molecule has 0 aliphatic heterocycles. The van der Waals surface area contributed by atoms with Gasteiger partial charge in [-0.2, -0.15) is 5.10 Å². The van der Waals surface area contributed by atoms with Gasteiger partial charge in [0.1, 0.15) is 6.10 Å². The standard InChI is InChI=1S/C14H20N4O2/c1-3-9-6-5-7-10(4-2)12(9)15-8-11(19)13-16-14(20)18-17-13/h5-7,11,15,19H,3-4,8H2,1-2H3,(H2,16,17,18,20). The third kappa shape index (κ3) is 3.08. The number of rotatable bonds is 6. The summed E-state index contributed by atoms with van der Waals surface area (Å²) in [5.41, 5.74) is 3.08. The predicted molar refractivity (Wildman–Crippen MR) is 77.9 cm³/mol. The van der Waals surface area contributed by atoms with E-state index in [4.69, 9.17) is 0 Å². The predicted octanol–water partition coefficient (Wildman–Crippen LogP) is 1.37. The zero-order chi connectivity index (χ0) is 14.5. The number of para-hydroxylation sites is 1. The lowest BCUT2D eigenvalue weighted by atomic mass is 10.0. The molecule has 4 N–H and O–H groups in total. The van der Waals surface area contributed by atoms with Gasteiger partial charge in [-0.15, -0.1) is 0 Å². The van der Waals surface area contributed by atoms with Crippen molar-refractivity contribution in [1.82, 2.24) is 15.2 Å². The molecule has 2 aromatic rings. The summed E-state index contributed by atoms with van der Waals surface area (Å²) >= 11 is 0. The molecule has 20 heavy (non-hydrogen) atoms. The van der Waals surface area contributed by atoms with Crippen LogP contribution in [-0.4, -0.2) is 26.8 Å². The minimum Gasteiger partial charge on any atom is -0.383 e. The molecule has 0 bridgehead atoms. The molecule has 1 atom stereocenters. The molecule has 0 amide bonds. The number of aryl methyl sites for hydroxylation is 2. The molecule has 6 nitrogen and oxygen atoms in total. The number of hydrogen-bond acceptors (Lipinski definition) is 4. The van der Waals surface area contributed by atoms with Crippen LogP contribution in [0.3, 0.4) is 0 Å². The summed E-state index contributed by atoms with van der Waals surface area (Å²) in [4.78, 5) is 13.4. The van der Waals surface area contributed by atoms with E-state index in [1.165, 1.54) is 11.1 Å². The maximum absolute atomic E-state index is 11.0. The first-order valence-corrected chi connectivity index (χ1v) is 6.83. The van der Waals surface area contributed by atoms with Gasteiger partial charge in [-0.25, -0.2) is 9.89 Å². The van der Waals surface area contributed by atoms with Gasteiger partial charge >= 0.3 is 5.69 Å². The highest BCUT2D eigenvalue weighted by molar-refractivity contribution is 5.58. The van der Waals surface area contributed by atoms with Crippen molar-refractivity contribution in [2.45, 2.75) is 32.8 Å². The van der Waals surface area contributed by atoms with Crippen LogP contribution in [0.5, 0.6) is 0 Å². The number of aromatic amines is 2. The molecule has 1 aromatic heterocycles. The average molecular weight is 276 g/mol. The lowest BCUT2D eigenvalue weighted by Crippen LogP contribution is -2.16. The van der Waals surface area contributed by atoms with Crippen LogP contribution in [-0.2, 0) is 12.8 Å². The van der Waals surface area contributed by atoms with Crippen LogP contribution in [0.4, 0.5) is 5.69 Å². The number of benzene rings is 1. The monoisotopic (exact) mass is 276 g/mol. The summed E-state index contributed by atoms with van der Waals surface area (Å²) < 4.78 is 0. The molecule has 1 aromatic carbocycles. The van der Waals surface area contributed by atoms with Gasteiger partial charge in [0.05, 0.1) is 0 Å². The number of hydrogen-bond donors (Lipinski definition) is 4. The third-order valence-electron chi connectivity index (χ3n) is 3.31.